The maximum atomic E-state index is 13.2. The lowest BCUT2D eigenvalue weighted by Gasteiger charge is -2.12. The molecule has 1 amide bonds. The highest BCUT2D eigenvalue weighted by Gasteiger charge is 2.08. The predicted octanol–water partition coefficient (Wildman–Crippen LogP) is 1.99. The fourth-order valence-electron chi connectivity index (χ4n) is 1.24. The Kier molecular flexibility index (Phi) is 5.12. The molecule has 1 N–H and O–H groups in total. The number of nitrogens with one attached hydrogen (secondary N) is 1. The van der Waals surface area contributed by atoms with E-state index in [1.807, 2.05) is 13.8 Å². The first-order valence-electron chi connectivity index (χ1n) is 5.68. The number of halogens is 1. The fourth-order valence-corrected chi connectivity index (χ4v) is 1.24. The van der Waals surface area contributed by atoms with Crippen LogP contribution in [0.2, 0.25) is 0 Å². The standard InChI is InChI=1S/C13H15FN2O2/c1-3-9(2)16-13(17)8-18-11-5-4-10(7-15)12(14)6-11/h4-6,9H,3,8H2,1-2H3,(H,16,17). The third-order valence-electron chi connectivity index (χ3n) is 2.45. The Morgan fingerprint density at radius 1 is 1.61 bits per heavy atom. The molecule has 0 heterocycles. The zero-order chi connectivity index (χ0) is 13.5. The molecule has 0 radical (unpaired) electrons. The van der Waals surface area contributed by atoms with Crippen molar-refractivity contribution in [2.75, 3.05) is 6.61 Å². The monoisotopic (exact) mass is 250 g/mol. The molecule has 0 saturated heterocycles. The van der Waals surface area contributed by atoms with E-state index in [1.165, 1.54) is 12.1 Å². The second-order valence-corrected chi connectivity index (χ2v) is 3.92. The van der Waals surface area contributed by atoms with Gasteiger partial charge in [-0.05, 0) is 25.5 Å². The van der Waals surface area contributed by atoms with E-state index in [1.54, 1.807) is 6.07 Å². The van der Waals surface area contributed by atoms with Crippen molar-refractivity contribution in [3.05, 3.63) is 29.6 Å². The number of nitrogens with zero attached hydrogens (tertiary/aromatic N) is 1. The van der Waals surface area contributed by atoms with Crippen LogP contribution in [0.15, 0.2) is 18.2 Å². The van der Waals surface area contributed by atoms with Crippen molar-refractivity contribution in [1.29, 1.82) is 5.26 Å². The van der Waals surface area contributed by atoms with Crippen LogP contribution in [0.25, 0.3) is 0 Å². The molecule has 0 saturated carbocycles. The van der Waals surface area contributed by atoms with Gasteiger partial charge in [-0.3, -0.25) is 4.79 Å². The Morgan fingerprint density at radius 3 is 2.89 bits per heavy atom. The minimum Gasteiger partial charge on any atom is -0.484 e. The second kappa shape index (κ2) is 6.60. The summed E-state index contributed by atoms with van der Waals surface area (Å²) in [6.45, 7) is 3.68. The lowest BCUT2D eigenvalue weighted by atomic mass is 10.2. The number of rotatable bonds is 5. The molecule has 1 rings (SSSR count). The molecule has 1 unspecified atom stereocenters. The van der Waals surface area contributed by atoms with Crippen molar-refractivity contribution in [3.63, 3.8) is 0 Å². The van der Waals surface area contributed by atoms with E-state index >= 15 is 0 Å². The Labute approximate surface area is 105 Å². The van der Waals surface area contributed by atoms with E-state index < -0.39 is 5.82 Å². The van der Waals surface area contributed by atoms with Crippen molar-refractivity contribution in [2.24, 2.45) is 0 Å². The molecule has 0 aromatic heterocycles. The van der Waals surface area contributed by atoms with E-state index in [2.05, 4.69) is 5.32 Å². The highest BCUT2D eigenvalue weighted by molar-refractivity contribution is 5.77. The lowest BCUT2D eigenvalue weighted by molar-refractivity contribution is -0.123. The van der Waals surface area contributed by atoms with Gasteiger partial charge in [0.1, 0.15) is 17.6 Å². The van der Waals surface area contributed by atoms with Crippen LogP contribution in [-0.2, 0) is 4.79 Å². The number of amides is 1. The van der Waals surface area contributed by atoms with Gasteiger partial charge in [-0.2, -0.15) is 5.26 Å². The Hall–Kier alpha value is -2.09. The summed E-state index contributed by atoms with van der Waals surface area (Å²) in [6, 6.07) is 5.66. The summed E-state index contributed by atoms with van der Waals surface area (Å²) in [6.07, 6.45) is 0.831. The van der Waals surface area contributed by atoms with Crippen LogP contribution in [0.1, 0.15) is 25.8 Å². The third kappa shape index (κ3) is 4.06. The SMILES string of the molecule is CCC(C)NC(=O)COc1ccc(C#N)c(F)c1. The molecular formula is C13H15FN2O2. The van der Waals surface area contributed by atoms with Gasteiger partial charge < -0.3 is 10.1 Å². The highest BCUT2D eigenvalue weighted by Crippen LogP contribution is 2.15. The van der Waals surface area contributed by atoms with Crippen LogP contribution < -0.4 is 10.1 Å². The maximum absolute atomic E-state index is 13.2. The van der Waals surface area contributed by atoms with Crippen molar-refractivity contribution in [1.82, 2.24) is 5.32 Å². The topological polar surface area (TPSA) is 62.1 Å². The second-order valence-electron chi connectivity index (χ2n) is 3.92. The molecule has 0 fully saturated rings. The predicted molar refractivity (Wildman–Crippen MR) is 64.5 cm³/mol. The van der Waals surface area contributed by atoms with Gasteiger partial charge in [0.05, 0.1) is 5.56 Å². The first-order valence-corrected chi connectivity index (χ1v) is 5.68. The summed E-state index contributed by atoms with van der Waals surface area (Å²) in [4.78, 5) is 11.4. The minimum absolute atomic E-state index is 0.0496. The van der Waals surface area contributed by atoms with E-state index in [9.17, 15) is 9.18 Å². The molecule has 0 aliphatic heterocycles. The molecule has 0 bridgehead atoms. The Bertz CT molecular complexity index is 469. The molecular weight excluding hydrogens is 235 g/mol. The normalized spacial score (nSPS) is 11.4. The summed E-state index contributed by atoms with van der Waals surface area (Å²) in [5.74, 6) is -0.683. The lowest BCUT2D eigenvalue weighted by Crippen LogP contribution is -2.35. The zero-order valence-electron chi connectivity index (χ0n) is 10.4. The number of nitriles is 1. The molecule has 0 aliphatic carbocycles. The zero-order valence-corrected chi connectivity index (χ0v) is 10.4. The molecule has 96 valence electrons. The number of ether oxygens (including phenoxy) is 1. The van der Waals surface area contributed by atoms with Crippen LogP contribution in [0.5, 0.6) is 5.75 Å². The summed E-state index contributed by atoms with van der Waals surface area (Å²) >= 11 is 0. The molecule has 18 heavy (non-hydrogen) atoms. The van der Waals surface area contributed by atoms with Crippen LogP contribution in [-0.4, -0.2) is 18.6 Å². The fraction of sp³-hybridized carbons (Fsp3) is 0.385. The van der Waals surface area contributed by atoms with Crippen LogP contribution >= 0.6 is 0 Å². The van der Waals surface area contributed by atoms with Gasteiger partial charge in [-0.15, -0.1) is 0 Å². The minimum atomic E-state index is -0.655. The van der Waals surface area contributed by atoms with Crippen LogP contribution in [0.4, 0.5) is 4.39 Å². The van der Waals surface area contributed by atoms with Gasteiger partial charge in [0, 0.05) is 12.1 Å². The van der Waals surface area contributed by atoms with Crippen molar-refractivity contribution >= 4 is 5.91 Å². The Morgan fingerprint density at radius 2 is 2.33 bits per heavy atom. The Balaban J connectivity index is 2.52. The molecule has 0 spiro atoms. The molecule has 1 atom stereocenters. The van der Waals surface area contributed by atoms with Crippen molar-refractivity contribution in [3.8, 4) is 11.8 Å². The summed E-state index contributed by atoms with van der Waals surface area (Å²) in [5.41, 5.74) is -0.0496. The number of hydrogen-bond donors (Lipinski definition) is 1. The van der Waals surface area contributed by atoms with Gasteiger partial charge >= 0.3 is 0 Å². The quantitative estimate of drug-likeness (QED) is 0.869. The number of benzene rings is 1. The van der Waals surface area contributed by atoms with Gasteiger partial charge in [0.2, 0.25) is 0 Å². The number of carbonyl (C=O) groups excluding carboxylic acids is 1. The molecule has 5 heteroatoms. The van der Waals surface area contributed by atoms with Gasteiger partial charge in [-0.25, -0.2) is 4.39 Å². The summed E-state index contributed by atoms with van der Waals surface area (Å²) in [5, 5.41) is 11.3. The van der Waals surface area contributed by atoms with Gasteiger partial charge in [0.25, 0.3) is 5.91 Å². The highest BCUT2D eigenvalue weighted by atomic mass is 19.1. The maximum Gasteiger partial charge on any atom is 0.258 e. The average molecular weight is 250 g/mol. The average Bonchev–Trinajstić information content (AvgIpc) is 2.36. The summed E-state index contributed by atoms with van der Waals surface area (Å²) < 4.78 is 18.4. The molecule has 1 aromatic carbocycles. The smallest absolute Gasteiger partial charge is 0.258 e. The van der Waals surface area contributed by atoms with Crippen molar-refractivity contribution < 1.29 is 13.9 Å². The van der Waals surface area contributed by atoms with E-state index in [0.717, 1.165) is 12.5 Å². The molecule has 0 aliphatic rings. The van der Waals surface area contributed by atoms with Crippen LogP contribution in [0.3, 0.4) is 0 Å². The third-order valence-corrected chi connectivity index (χ3v) is 2.45. The summed E-state index contributed by atoms with van der Waals surface area (Å²) in [7, 11) is 0. The molecule has 1 aromatic rings. The van der Waals surface area contributed by atoms with Crippen LogP contribution in [0, 0.1) is 17.1 Å². The van der Waals surface area contributed by atoms with Gasteiger partial charge in [-0.1, -0.05) is 6.92 Å². The molecule has 4 nitrogen and oxygen atoms in total. The van der Waals surface area contributed by atoms with E-state index in [4.69, 9.17) is 10.00 Å². The van der Waals surface area contributed by atoms with Gasteiger partial charge in [0.15, 0.2) is 6.61 Å². The van der Waals surface area contributed by atoms with E-state index in [-0.39, 0.29) is 29.9 Å². The van der Waals surface area contributed by atoms with Crippen molar-refractivity contribution in [2.45, 2.75) is 26.3 Å². The first kappa shape index (κ1) is 14.0. The number of carbonyl (C=O) groups is 1. The first-order chi connectivity index (χ1) is 8.56. The largest absolute Gasteiger partial charge is 0.484 e. The number of hydrogen-bond acceptors (Lipinski definition) is 3. The van der Waals surface area contributed by atoms with E-state index in [0.29, 0.717) is 0 Å².